The van der Waals surface area contributed by atoms with Gasteiger partial charge in [-0.25, -0.2) is 0 Å². The summed E-state index contributed by atoms with van der Waals surface area (Å²) in [6, 6.07) is 6.82. The number of benzene rings is 1. The van der Waals surface area contributed by atoms with E-state index in [4.69, 9.17) is 5.26 Å². The molecule has 1 aliphatic rings. The highest BCUT2D eigenvalue weighted by atomic mass is 16.6. The highest BCUT2D eigenvalue weighted by molar-refractivity contribution is 5.59. The van der Waals surface area contributed by atoms with Gasteiger partial charge >= 0.3 is 0 Å². The topological polar surface area (TPSA) is 79.0 Å². The fraction of sp³-hybridized carbons (Fsp3) is 0.364. The van der Waals surface area contributed by atoms with E-state index in [1.807, 2.05) is 6.07 Å². The summed E-state index contributed by atoms with van der Waals surface area (Å²) in [4.78, 5) is 10.1. The molecule has 0 heterocycles. The molecular formula is C11H11N3O2. The lowest BCUT2D eigenvalue weighted by molar-refractivity contribution is -0.385. The van der Waals surface area contributed by atoms with Crippen molar-refractivity contribution in [3.8, 4) is 6.07 Å². The van der Waals surface area contributed by atoms with Crippen LogP contribution in [0.4, 0.5) is 11.4 Å². The van der Waals surface area contributed by atoms with E-state index in [2.05, 4.69) is 12.2 Å². The first-order valence-electron chi connectivity index (χ1n) is 5.07. The Morgan fingerprint density at radius 2 is 2.31 bits per heavy atom. The zero-order chi connectivity index (χ0) is 11.7. The van der Waals surface area contributed by atoms with Crippen molar-refractivity contribution >= 4 is 11.4 Å². The summed E-state index contributed by atoms with van der Waals surface area (Å²) in [6.45, 7) is 2.13. The van der Waals surface area contributed by atoms with Crippen molar-refractivity contribution in [2.45, 2.75) is 19.4 Å². The first-order chi connectivity index (χ1) is 7.61. The summed E-state index contributed by atoms with van der Waals surface area (Å²) in [6.07, 6.45) is 1.11. The predicted octanol–water partition coefficient (Wildman–Crippen LogP) is 2.29. The average Bonchev–Trinajstić information content (AvgIpc) is 2.93. The monoisotopic (exact) mass is 217 g/mol. The third-order valence-electron chi connectivity index (χ3n) is 2.78. The molecule has 1 aliphatic carbocycles. The van der Waals surface area contributed by atoms with Gasteiger partial charge < -0.3 is 5.32 Å². The quantitative estimate of drug-likeness (QED) is 0.622. The molecule has 2 unspecified atom stereocenters. The van der Waals surface area contributed by atoms with Crippen molar-refractivity contribution in [2.24, 2.45) is 5.92 Å². The van der Waals surface area contributed by atoms with Crippen molar-refractivity contribution < 1.29 is 4.92 Å². The summed E-state index contributed by atoms with van der Waals surface area (Å²) in [7, 11) is 0. The maximum absolute atomic E-state index is 10.6. The van der Waals surface area contributed by atoms with E-state index in [1.165, 1.54) is 12.1 Å². The van der Waals surface area contributed by atoms with Crippen LogP contribution in [0.1, 0.15) is 18.9 Å². The lowest BCUT2D eigenvalue weighted by atomic mass is 10.1. The minimum Gasteiger partial charge on any atom is -0.382 e. The van der Waals surface area contributed by atoms with Crippen LogP contribution in [0, 0.1) is 27.4 Å². The van der Waals surface area contributed by atoms with E-state index in [0.29, 0.717) is 12.0 Å². The molecule has 0 radical (unpaired) electrons. The number of rotatable bonds is 3. The molecule has 1 aromatic carbocycles. The number of nitrogens with zero attached hydrogens (tertiary/aromatic N) is 2. The maximum atomic E-state index is 10.6. The Hall–Kier alpha value is -2.09. The number of hydrogen-bond acceptors (Lipinski definition) is 4. The molecule has 0 amide bonds. The molecule has 16 heavy (non-hydrogen) atoms. The highest BCUT2D eigenvalue weighted by Crippen LogP contribution is 2.33. The van der Waals surface area contributed by atoms with Gasteiger partial charge in [-0.05, 0) is 24.5 Å². The van der Waals surface area contributed by atoms with Gasteiger partial charge in [0.25, 0.3) is 5.69 Å². The zero-order valence-corrected chi connectivity index (χ0v) is 8.80. The minimum absolute atomic E-state index is 0.100. The van der Waals surface area contributed by atoms with E-state index in [9.17, 15) is 10.1 Å². The van der Waals surface area contributed by atoms with Crippen molar-refractivity contribution in [1.29, 1.82) is 5.26 Å². The highest BCUT2D eigenvalue weighted by Gasteiger charge is 2.32. The fourth-order valence-electron chi connectivity index (χ4n) is 1.61. The molecule has 0 saturated heterocycles. The Kier molecular flexibility index (Phi) is 2.49. The molecule has 1 fully saturated rings. The van der Waals surface area contributed by atoms with Crippen LogP contribution in [-0.4, -0.2) is 11.0 Å². The number of nitro benzene ring substituents is 1. The predicted molar refractivity (Wildman–Crippen MR) is 59.0 cm³/mol. The Balaban J connectivity index is 2.23. The molecule has 82 valence electrons. The van der Waals surface area contributed by atoms with E-state index >= 15 is 0 Å². The minimum atomic E-state index is -0.540. The number of nitriles is 1. The molecule has 2 atom stereocenters. The van der Waals surface area contributed by atoms with Gasteiger partial charge in [-0.3, -0.25) is 10.1 Å². The van der Waals surface area contributed by atoms with Gasteiger partial charge in [-0.2, -0.15) is 5.26 Å². The van der Waals surface area contributed by atoms with E-state index in [-0.39, 0.29) is 11.3 Å². The van der Waals surface area contributed by atoms with Crippen LogP contribution in [0.25, 0.3) is 0 Å². The zero-order valence-electron chi connectivity index (χ0n) is 8.80. The number of anilines is 1. The van der Waals surface area contributed by atoms with Crippen molar-refractivity contribution in [3.63, 3.8) is 0 Å². The first-order valence-corrected chi connectivity index (χ1v) is 5.07. The Morgan fingerprint density at radius 3 is 2.81 bits per heavy atom. The molecule has 0 bridgehead atoms. The Bertz CT molecular complexity index is 479. The van der Waals surface area contributed by atoms with Crippen LogP contribution in [-0.2, 0) is 0 Å². The van der Waals surface area contributed by atoms with Crippen LogP contribution in [0.2, 0.25) is 0 Å². The van der Waals surface area contributed by atoms with Crippen LogP contribution >= 0.6 is 0 Å². The van der Waals surface area contributed by atoms with Gasteiger partial charge in [-0.1, -0.05) is 6.92 Å². The van der Waals surface area contributed by atoms with Crippen molar-refractivity contribution in [2.75, 3.05) is 5.32 Å². The molecule has 1 aromatic rings. The van der Waals surface area contributed by atoms with Gasteiger partial charge in [-0.15, -0.1) is 0 Å². The van der Waals surface area contributed by atoms with Gasteiger partial charge in [0.05, 0.1) is 4.92 Å². The van der Waals surface area contributed by atoms with Crippen LogP contribution in [0.3, 0.4) is 0 Å². The molecule has 0 spiro atoms. The first kappa shape index (κ1) is 10.4. The van der Waals surface area contributed by atoms with E-state index in [0.717, 1.165) is 12.1 Å². The largest absolute Gasteiger partial charge is 0.382 e. The van der Waals surface area contributed by atoms with Gasteiger partial charge in [0.1, 0.15) is 11.6 Å². The fourth-order valence-corrected chi connectivity index (χ4v) is 1.61. The van der Waals surface area contributed by atoms with E-state index < -0.39 is 4.92 Å². The van der Waals surface area contributed by atoms with Crippen LogP contribution < -0.4 is 5.32 Å². The SMILES string of the molecule is CC1CC1Nc1ccc([N+](=O)[O-])c(C#N)c1. The standard InChI is InChI=1S/C11H11N3O2/c1-7-4-10(7)13-9-2-3-11(14(15)16)8(5-9)6-12/h2-3,5,7,10,13H,4H2,1H3. The van der Waals surface area contributed by atoms with Crippen LogP contribution in [0.15, 0.2) is 18.2 Å². The number of hydrogen-bond donors (Lipinski definition) is 1. The summed E-state index contributed by atoms with van der Waals surface area (Å²) >= 11 is 0. The summed E-state index contributed by atoms with van der Waals surface area (Å²) in [5, 5.41) is 22.7. The second kappa shape index (κ2) is 3.81. The molecule has 1 saturated carbocycles. The molecule has 5 heteroatoms. The maximum Gasteiger partial charge on any atom is 0.287 e. The Morgan fingerprint density at radius 1 is 1.62 bits per heavy atom. The smallest absolute Gasteiger partial charge is 0.287 e. The summed E-state index contributed by atoms with van der Waals surface area (Å²) < 4.78 is 0. The van der Waals surface area contributed by atoms with Gasteiger partial charge in [0.15, 0.2) is 0 Å². The molecular weight excluding hydrogens is 206 g/mol. The third kappa shape index (κ3) is 1.96. The molecule has 0 aromatic heterocycles. The normalized spacial score (nSPS) is 22.2. The summed E-state index contributed by atoms with van der Waals surface area (Å²) in [5.41, 5.74) is 0.733. The Labute approximate surface area is 92.8 Å². The lowest BCUT2D eigenvalue weighted by Crippen LogP contribution is -2.04. The third-order valence-corrected chi connectivity index (χ3v) is 2.78. The second-order valence-electron chi connectivity index (χ2n) is 4.06. The number of nitrogens with one attached hydrogen (secondary N) is 1. The lowest BCUT2D eigenvalue weighted by Gasteiger charge is -2.05. The molecule has 5 nitrogen and oxygen atoms in total. The average molecular weight is 217 g/mol. The van der Waals surface area contributed by atoms with Crippen molar-refractivity contribution in [1.82, 2.24) is 0 Å². The van der Waals surface area contributed by atoms with Gasteiger partial charge in [0, 0.05) is 17.8 Å². The molecule has 2 rings (SSSR count). The van der Waals surface area contributed by atoms with Gasteiger partial charge in [0.2, 0.25) is 0 Å². The van der Waals surface area contributed by atoms with Crippen molar-refractivity contribution in [3.05, 3.63) is 33.9 Å². The summed E-state index contributed by atoms with van der Waals surface area (Å²) in [5.74, 6) is 0.640. The van der Waals surface area contributed by atoms with E-state index in [1.54, 1.807) is 6.07 Å². The molecule has 1 N–H and O–H groups in total. The number of nitro groups is 1. The second-order valence-corrected chi connectivity index (χ2v) is 4.06. The van der Waals surface area contributed by atoms with Crippen LogP contribution in [0.5, 0.6) is 0 Å². The molecule has 0 aliphatic heterocycles.